The first kappa shape index (κ1) is 17.7. The van der Waals surface area contributed by atoms with Gasteiger partial charge in [-0.1, -0.05) is 19.9 Å². The van der Waals surface area contributed by atoms with Gasteiger partial charge < -0.3 is 14.9 Å². The summed E-state index contributed by atoms with van der Waals surface area (Å²) in [6.07, 6.45) is -5.77. The Labute approximate surface area is 120 Å². The van der Waals surface area contributed by atoms with Crippen molar-refractivity contribution in [3.05, 3.63) is 29.6 Å². The van der Waals surface area contributed by atoms with Gasteiger partial charge in [0.1, 0.15) is 11.6 Å². The minimum absolute atomic E-state index is 0.0856. The number of rotatable bonds is 5. The summed E-state index contributed by atoms with van der Waals surface area (Å²) in [4.78, 5) is 0. The van der Waals surface area contributed by atoms with Gasteiger partial charge in [0.2, 0.25) is 0 Å². The van der Waals surface area contributed by atoms with Gasteiger partial charge in [0.05, 0.1) is 13.7 Å². The van der Waals surface area contributed by atoms with Crippen molar-refractivity contribution in [3.63, 3.8) is 0 Å². The van der Waals surface area contributed by atoms with Crippen LogP contribution in [0.25, 0.3) is 0 Å². The lowest BCUT2D eigenvalue weighted by Gasteiger charge is -2.37. The first-order valence-electron chi connectivity index (χ1n) is 6.21. The van der Waals surface area contributed by atoms with E-state index in [1.807, 2.05) is 0 Å². The molecule has 0 saturated heterocycles. The molecule has 3 nitrogen and oxygen atoms in total. The monoisotopic (exact) mass is 310 g/mol. The van der Waals surface area contributed by atoms with E-state index in [2.05, 4.69) is 0 Å². The molecule has 120 valence electrons. The summed E-state index contributed by atoms with van der Waals surface area (Å²) in [5.74, 6) is -0.498. The van der Waals surface area contributed by atoms with E-state index in [0.29, 0.717) is 5.56 Å². The second-order valence-corrected chi connectivity index (χ2v) is 5.59. The molecular weight excluding hydrogens is 292 g/mol. The maximum Gasteiger partial charge on any atom is 0.419 e. The van der Waals surface area contributed by atoms with Gasteiger partial charge in [-0.2, -0.15) is 13.2 Å². The Morgan fingerprint density at radius 2 is 1.76 bits per heavy atom. The van der Waals surface area contributed by atoms with Crippen LogP contribution in [0.2, 0.25) is 0 Å². The fraction of sp³-hybridized carbons (Fsp3) is 0.571. The standard InChI is InChI=1S/C14H18F4O3/c1-12(2,7-13(20,8-19)14(16,17)18)10-5-4-9(15)6-11(10)21-3/h4-6,19-20H,7-8H2,1-3H3. The van der Waals surface area contributed by atoms with Crippen molar-refractivity contribution in [2.75, 3.05) is 13.7 Å². The molecule has 0 heterocycles. The molecule has 0 bridgehead atoms. The molecule has 21 heavy (non-hydrogen) atoms. The van der Waals surface area contributed by atoms with Crippen LogP contribution in [0.1, 0.15) is 25.8 Å². The lowest BCUT2D eigenvalue weighted by Crippen LogP contribution is -2.52. The van der Waals surface area contributed by atoms with E-state index < -0.39 is 36.0 Å². The van der Waals surface area contributed by atoms with Crippen LogP contribution >= 0.6 is 0 Å². The average Bonchev–Trinajstić information content (AvgIpc) is 2.36. The summed E-state index contributed by atoms with van der Waals surface area (Å²) in [7, 11) is 1.27. The third kappa shape index (κ3) is 3.65. The quantitative estimate of drug-likeness (QED) is 0.822. The Morgan fingerprint density at radius 1 is 1.19 bits per heavy atom. The Hall–Kier alpha value is -1.34. The first-order chi connectivity index (χ1) is 9.47. The van der Waals surface area contributed by atoms with Crippen molar-refractivity contribution >= 4 is 0 Å². The zero-order valence-corrected chi connectivity index (χ0v) is 12.0. The van der Waals surface area contributed by atoms with Crippen LogP contribution in [0.3, 0.4) is 0 Å². The maximum absolute atomic E-state index is 13.2. The third-order valence-corrected chi connectivity index (χ3v) is 3.42. The van der Waals surface area contributed by atoms with Crippen molar-refractivity contribution in [3.8, 4) is 5.75 Å². The van der Waals surface area contributed by atoms with E-state index in [1.54, 1.807) is 0 Å². The fourth-order valence-corrected chi connectivity index (χ4v) is 2.30. The summed E-state index contributed by atoms with van der Waals surface area (Å²) in [5, 5.41) is 18.6. The zero-order chi connectivity index (χ0) is 16.5. The predicted octanol–water partition coefficient (Wildman–Crippen LogP) is 2.79. The molecule has 0 aliphatic heterocycles. The molecule has 7 heteroatoms. The molecule has 0 amide bonds. The fourth-order valence-electron chi connectivity index (χ4n) is 2.30. The number of aliphatic hydroxyl groups is 2. The molecule has 1 aromatic rings. The molecule has 1 rings (SSSR count). The molecule has 0 spiro atoms. The van der Waals surface area contributed by atoms with Crippen LogP contribution in [-0.4, -0.2) is 35.7 Å². The van der Waals surface area contributed by atoms with E-state index in [4.69, 9.17) is 9.84 Å². The molecule has 0 radical (unpaired) electrons. The predicted molar refractivity (Wildman–Crippen MR) is 68.7 cm³/mol. The van der Waals surface area contributed by atoms with Crippen LogP contribution in [0.4, 0.5) is 17.6 Å². The lowest BCUT2D eigenvalue weighted by molar-refractivity contribution is -0.277. The summed E-state index contributed by atoms with van der Waals surface area (Å²) in [6.45, 7) is 1.45. The Balaban J connectivity index is 3.23. The summed E-state index contributed by atoms with van der Waals surface area (Å²) >= 11 is 0. The second kappa shape index (κ2) is 5.81. The molecule has 1 atom stereocenters. The molecule has 1 unspecified atom stereocenters. The minimum atomic E-state index is -4.98. The number of benzene rings is 1. The van der Waals surface area contributed by atoms with Crippen molar-refractivity contribution in [1.82, 2.24) is 0 Å². The number of alkyl halides is 3. The number of aliphatic hydroxyl groups excluding tert-OH is 1. The number of methoxy groups -OCH3 is 1. The van der Waals surface area contributed by atoms with E-state index >= 15 is 0 Å². The van der Waals surface area contributed by atoms with Crippen LogP contribution in [-0.2, 0) is 5.41 Å². The second-order valence-electron chi connectivity index (χ2n) is 5.59. The molecule has 0 aliphatic rings. The van der Waals surface area contributed by atoms with Gasteiger partial charge in [0.25, 0.3) is 0 Å². The molecule has 0 aromatic heterocycles. The van der Waals surface area contributed by atoms with Crippen molar-refractivity contribution < 1.29 is 32.5 Å². The van der Waals surface area contributed by atoms with E-state index in [1.165, 1.54) is 27.0 Å². The van der Waals surface area contributed by atoms with Crippen LogP contribution in [0.5, 0.6) is 5.75 Å². The van der Waals surface area contributed by atoms with Crippen molar-refractivity contribution in [1.29, 1.82) is 0 Å². The SMILES string of the molecule is COc1cc(F)ccc1C(C)(C)CC(O)(CO)C(F)(F)F. The maximum atomic E-state index is 13.2. The highest BCUT2D eigenvalue weighted by Crippen LogP contribution is 2.43. The topological polar surface area (TPSA) is 49.7 Å². The van der Waals surface area contributed by atoms with E-state index in [-0.39, 0.29) is 5.75 Å². The first-order valence-corrected chi connectivity index (χ1v) is 6.21. The normalized spacial score (nSPS) is 15.7. The number of hydrogen-bond acceptors (Lipinski definition) is 3. The smallest absolute Gasteiger partial charge is 0.419 e. The third-order valence-electron chi connectivity index (χ3n) is 3.42. The van der Waals surface area contributed by atoms with Gasteiger partial charge in [-0.05, 0) is 17.9 Å². The summed E-state index contributed by atoms with van der Waals surface area (Å²) in [6, 6.07) is 3.47. The van der Waals surface area contributed by atoms with Crippen molar-refractivity contribution in [2.24, 2.45) is 0 Å². The zero-order valence-electron chi connectivity index (χ0n) is 12.0. The number of hydrogen-bond donors (Lipinski definition) is 2. The average molecular weight is 310 g/mol. The highest BCUT2D eigenvalue weighted by molar-refractivity contribution is 5.39. The Morgan fingerprint density at radius 3 is 2.19 bits per heavy atom. The lowest BCUT2D eigenvalue weighted by atomic mass is 9.74. The van der Waals surface area contributed by atoms with Gasteiger partial charge in [-0.15, -0.1) is 0 Å². The highest BCUT2D eigenvalue weighted by atomic mass is 19.4. The number of ether oxygens (including phenoxy) is 1. The Bertz CT molecular complexity index is 499. The van der Waals surface area contributed by atoms with Gasteiger partial charge >= 0.3 is 6.18 Å². The molecule has 0 fully saturated rings. The number of halogens is 4. The van der Waals surface area contributed by atoms with Gasteiger partial charge in [-0.25, -0.2) is 4.39 Å². The van der Waals surface area contributed by atoms with Gasteiger partial charge in [-0.3, -0.25) is 0 Å². The molecular formula is C14H18F4O3. The Kier molecular flexibility index (Phi) is 4.90. The largest absolute Gasteiger partial charge is 0.496 e. The molecule has 2 N–H and O–H groups in total. The summed E-state index contributed by atoms with van der Waals surface area (Å²) in [5.41, 5.74) is -4.13. The van der Waals surface area contributed by atoms with Crippen LogP contribution in [0.15, 0.2) is 18.2 Å². The molecule has 0 aliphatic carbocycles. The van der Waals surface area contributed by atoms with E-state index in [0.717, 1.165) is 12.1 Å². The van der Waals surface area contributed by atoms with E-state index in [9.17, 15) is 22.7 Å². The molecule has 0 saturated carbocycles. The van der Waals surface area contributed by atoms with Crippen LogP contribution in [0, 0.1) is 5.82 Å². The highest BCUT2D eigenvalue weighted by Gasteiger charge is 2.55. The van der Waals surface area contributed by atoms with Gasteiger partial charge in [0, 0.05) is 11.6 Å². The minimum Gasteiger partial charge on any atom is -0.496 e. The van der Waals surface area contributed by atoms with Crippen LogP contribution < -0.4 is 4.74 Å². The molecule has 1 aromatic carbocycles. The summed E-state index contributed by atoms with van der Waals surface area (Å²) < 4.78 is 56.8. The van der Waals surface area contributed by atoms with Gasteiger partial charge in [0.15, 0.2) is 5.60 Å². The van der Waals surface area contributed by atoms with Crippen molar-refractivity contribution in [2.45, 2.75) is 37.5 Å².